The van der Waals surface area contributed by atoms with Crippen molar-refractivity contribution < 1.29 is 14.3 Å². The van der Waals surface area contributed by atoms with Gasteiger partial charge in [-0.3, -0.25) is 4.79 Å². The molecule has 84 valence electrons. The summed E-state index contributed by atoms with van der Waals surface area (Å²) in [5.74, 6) is 0.422. The topological polar surface area (TPSA) is 35.5 Å². The van der Waals surface area contributed by atoms with Crippen molar-refractivity contribution in [2.24, 2.45) is 5.92 Å². The average Bonchev–Trinajstić information content (AvgIpc) is 2.41. The molecule has 1 heterocycles. The summed E-state index contributed by atoms with van der Waals surface area (Å²) in [7, 11) is 0. The maximum absolute atomic E-state index is 10.9. The van der Waals surface area contributed by atoms with Gasteiger partial charge in [0.2, 0.25) is 0 Å². The van der Waals surface area contributed by atoms with Crippen molar-refractivity contribution in [1.82, 2.24) is 0 Å². The Balaban J connectivity index is 1.95. The van der Waals surface area contributed by atoms with Gasteiger partial charge in [0.05, 0.1) is 6.10 Å². The first-order chi connectivity index (χ1) is 7.25. The maximum Gasteiger partial charge on any atom is 0.303 e. The molecule has 3 atom stereocenters. The molecule has 1 aliphatic heterocycles. The lowest BCUT2D eigenvalue weighted by molar-refractivity contribution is -0.144. The van der Waals surface area contributed by atoms with E-state index in [4.69, 9.17) is 9.47 Å². The Hall–Kier alpha value is -0.830. The summed E-state index contributed by atoms with van der Waals surface area (Å²) < 4.78 is 10.9. The third kappa shape index (κ3) is 2.81. The van der Waals surface area contributed by atoms with Crippen LogP contribution in [0.2, 0.25) is 0 Å². The maximum atomic E-state index is 10.9. The summed E-state index contributed by atoms with van der Waals surface area (Å²) in [6.45, 7) is 2.33. The van der Waals surface area contributed by atoms with Gasteiger partial charge < -0.3 is 9.47 Å². The Morgan fingerprint density at radius 2 is 2.20 bits per heavy atom. The molecule has 0 aromatic carbocycles. The second-order valence-corrected chi connectivity index (χ2v) is 4.35. The first-order valence-electron chi connectivity index (χ1n) is 5.73. The van der Waals surface area contributed by atoms with Crippen LogP contribution < -0.4 is 0 Å². The first-order valence-corrected chi connectivity index (χ1v) is 5.73. The zero-order valence-corrected chi connectivity index (χ0v) is 9.15. The van der Waals surface area contributed by atoms with Crippen molar-refractivity contribution in [3.8, 4) is 0 Å². The van der Waals surface area contributed by atoms with E-state index in [0.29, 0.717) is 5.92 Å². The van der Waals surface area contributed by atoms with Gasteiger partial charge in [-0.15, -0.1) is 0 Å². The molecule has 0 saturated carbocycles. The van der Waals surface area contributed by atoms with E-state index in [2.05, 4.69) is 6.08 Å². The van der Waals surface area contributed by atoms with Gasteiger partial charge in [-0.25, -0.2) is 0 Å². The van der Waals surface area contributed by atoms with E-state index in [-0.39, 0.29) is 18.2 Å². The van der Waals surface area contributed by atoms with Crippen LogP contribution in [-0.2, 0) is 14.3 Å². The summed E-state index contributed by atoms with van der Waals surface area (Å²) >= 11 is 0. The van der Waals surface area contributed by atoms with E-state index in [1.54, 1.807) is 0 Å². The van der Waals surface area contributed by atoms with Crippen LogP contribution in [0.4, 0.5) is 0 Å². The number of hydrogen-bond acceptors (Lipinski definition) is 3. The predicted octanol–water partition coefficient (Wildman–Crippen LogP) is 2.06. The number of hydrogen-bond donors (Lipinski definition) is 0. The lowest BCUT2D eigenvalue weighted by atomic mass is 9.91. The summed E-state index contributed by atoms with van der Waals surface area (Å²) in [6.07, 6.45) is 8.68. The molecular weight excluding hydrogens is 192 g/mol. The molecule has 0 unspecified atom stereocenters. The van der Waals surface area contributed by atoms with Crippen LogP contribution >= 0.6 is 0 Å². The second kappa shape index (κ2) is 4.79. The SMILES string of the molecule is CC(=O)O[C@@H]1C=C[C@H]2OCCC[C@H]2CC1. The predicted molar refractivity (Wildman–Crippen MR) is 56.4 cm³/mol. The fourth-order valence-corrected chi connectivity index (χ4v) is 2.41. The molecule has 1 fully saturated rings. The van der Waals surface area contributed by atoms with Gasteiger partial charge in [0.15, 0.2) is 0 Å². The van der Waals surface area contributed by atoms with Crippen molar-refractivity contribution >= 4 is 5.97 Å². The number of carbonyl (C=O) groups is 1. The minimum Gasteiger partial charge on any atom is -0.458 e. The summed E-state index contributed by atoms with van der Waals surface area (Å²) in [5, 5.41) is 0. The third-order valence-corrected chi connectivity index (χ3v) is 3.15. The Kier molecular flexibility index (Phi) is 3.41. The summed E-state index contributed by atoms with van der Waals surface area (Å²) in [6, 6.07) is 0. The molecule has 0 radical (unpaired) electrons. The van der Waals surface area contributed by atoms with Gasteiger partial charge in [-0.05, 0) is 37.7 Å². The molecule has 3 heteroatoms. The molecule has 0 aromatic heterocycles. The monoisotopic (exact) mass is 210 g/mol. The summed E-state index contributed by atoms with van der Waals surface area (Å²) in [5.41, 5.74) is 0. The Morgan fingerprint density at radius 1 is 1.33 bits per heavy atom. The van der Waals surface area contributed by atoms with Gasteiger partial charge in [0.25, 0.3) is 0 Å². The highest BCUT2D eigenvalue weighted by atomic mass is 16.5. The van der Waals surface area contributed by atoms with Gasteiger partial charge in [-0.2, -0.15) is 0 Å². The number of ether oxygens (including phenoxy) is 2. The molecular formula is C12H18O3. The Morgan fingerprint density at radius 3 is 3.00 bits per heavy atom. The lowest BCUT2D eigenvalue weighted by Gasteiger charge is -2.28. The average molecular weight is 210 g/mol. The molecule has 0 aromatic rings. The van der Waals surface area contributed by atoms with Crippen molar-refractivity contribution in [3.63, 3.8) is 0 Å². The molecule has 0 N–H and O–H groups in total. The van der Waals surface area contributed by atoms with Gasteiger partial charge in [0, 0.05) is 13.5 Å². The molecule has 1 aliphatic carbocycles. The van der Waals surface area contributed by atoms with Gasteiger partial charge in [-0.1, -0.05) is 6.08 Å². The van der Waals surface area contributed by atoms with Crippen molar-refractivity contribution in [2.75, 3.05) is 6.61 Å². The van der Waals surface area contributed by atoms with Crippen LogP contribution in [0.25, 0.3) is 0 Å². The molecule has 0 amide bonds. The molecule has 1 saturated heterocycles. The Labute approximate surface area is 90.4 Å². The fourth-order valence-electron chi connectivity index (χ4n) is 2.41. The van der Waals surface area contributed by atoms with E-state index in [9.17, 15) is 4.79 Å². The van der Waals surface area contributed by atoms with E-state index >= 15 is 0 Å². The van der Waals surface area contributed by atoms with Crippen LogP contribution in [0, 0.1) is 5.92 Å². The normalized spacial score (nSPS) is 35.4. The molecule has 0 bridgehead atoms. The van der Waals surface area contributed by atoms with E-state index in [1.807, 2.05) is 6.08 Å². The molecule has 3 nitrogen and oxygen atoms in total. The van der Waals surface area contributed by atoms with Gasteiger partial charge >= 0.3 is 5.97 Å². The second-order valence-electron chi connectivity index (χ2n) is 4.35. The third-order valence-electron chi connectivity index (χ3n) is 3.15. The number of esters is 1. The number of fused-ring (bicyclic) bond motifs is 1. The van der Waals surface area contributed by atoms with E-state index in [0.717, 1.165) is 25.9 Å². The zero-order chi connectivity index (χ0) is 10.7. The van der Waals surface area contributed by atoms with E-state index in [1.165, 1.54) is 13.3 Å². The number of carbonyl (C=O) groups excluding carboxylic acids is 1. The minimum absolute atomic E-state index is 0.0447. The highest BCUT2D eigenvalue weighted by Crippen LogP contribution is 2.29. The molecule has 2 aliphatic rings. The first kappa shape index (κ1) is 10.7. The molecule has 15 heavy (non-hydrogen) atoms. The standard InChI is InChI=1S/C12H18O3/c1-9(13)15-11-5-4-10-3-2-8-14-12(10)7-6-11/h6-7,10-12H,2-5,8H2,1H3/t10-,11-,12+/m0/s1. The quantitative estimate of drug-likeness (QED) is 0.491. The zero-order valence-electron chi connectivity index (χ0n) is 9.15. The van der Waals surface area contributed by atoms with Crippen LogP contribution in [0.5, 0.6) is 0 Å². The van der Waals surface area contributed by atoms with Crippen LogP contribution in [0.1, 0.15) is 32.6 Å². The van der Waals surface area contributed by atoms with Crippen molar-refractivity contribution in [1.29, 1.82) is 0 Å². The van der Waals surface area contributed by atoms with Crippen LogP contribution in [0.3, 0.4) is 0 Å². The minimum atomic E-state index is -0.199. The lowest BCUT2D eigenvalue weighted by Crippen LogP contribution is -2.27. The largest absolute Gasteiger partial charge is 0.458 e. The molecule has 0 spiro atoms. The van der Waals surface area contributed by atoms with Gasteiger partial charge in [0.1, 0.15) is 6.10 Å². The van der Waals surface area contributed by atoms with Crippen molar-refractivity contribution in [2.45, 2.75) is 44.8 Å². The smallest absolute Gasteiger partial charge is 0.303 e. The highest BCUT2D eigenvalue weighted by molar-refractivity contribution is 5.66. The Bertz CT molecular complexity index is 260. The molecule has 2 rings (SSSR count). The fraction of sp³-hybridized carbons (Fsp3) is 0.750. The number of rotatable bonds is 1. The van der Waals surface area contributed by atoms with Crippen LogP contribution in [0.15, 0.2) is 12.2 Å². The summed E-state index contributed by atoms with van der Waals surface area (Å²) in [4.78, 5) is 10.9. The van der Waals surface area contributed by atoms with Crippen molar-refractivity contribution in [3.05, 3.63) is 12.2 Å². The van der Waals surface area contributed by atoms with E-state index < -0.39 is 0 Å². The highest BCUT2D eigenvalue weighted by Gasteiger charge is 2.27. The van der Waals surface area contributed by atoms with Crippen LogP contribution in [-0.4, -0.2) is 24.8 Å².